The molecule has 0 aliphatic rings. The van der Waals surface area contributed by atoms with Crippen LogP contribution in [-0.4, -0.2) is 16.3 Å². The standard InChI is InChI=1S/C8H15N3/c1-3-8(6-9)11-5-4-7(2)10-11/h4-5,8H,3,6,9H2,1-2H3. The van der Waals surface area contributed by atoms with Crippen molar-refractivity contribution in [3.05, 3.63) is 18.0 Å². The van der Waals surface area contributed by atoms with Crippen LogP contribution in [0.1, 0.15) is 25.1 Å². The molecule has 0 saturated carbocycles. The van der Waals surface area contributed by atoms with E-state index in [2.05, 4.69) is 12.0 Å². The molecule has 0 bridgehead atoms. The minimum atomic E-state index is 0.365. The van der Waals surface area contributed by atoms with Gasteiger partial charge in [-0.05, 0) is 19.4 Å². The van der Waals surface area contributed by atoms with Crippen molar-refractivity contribution in [3.63, 3.8) is 0 Å². The third-order valence-corrected chi connectivity index (χ3v) is 1.86. The van der Waals surface area contributed by atoms with Crippen molar-refractivity contribution < 1.29 is 0 Å². The predicted octanol–water partition coefficient (Wildman–Crippen LogP) is 1.10. The molecule has 0 amide bonds. The molecule has 3 nitrogen and oxygen atoms in total. The molecule has 0 aliphatic heterocycles. The minimum absolute atomic E-state index is 0.365. The summed E-state index contributed by atoms with van der Waals surface area (Å²) in [5.74, 6) is 0. The third-order valence-electron chi connectivity index (χ3n) is 1.86. The molecule has 2 N–H and O–H groups in total. The van der Waals surface area contributed by atoms with Gasteiger partial charge in [0.15, 0.2) is 0 Å². The quantitative estimate of drug-likeness (QED) is 0.706. The molecule has 62 valence electrons. The summed E-state index contributed by atoms with van der Waals surface area (Å²) in [4.78, 5) is 0. The SMILES string of the molecule is CCC(CN)n1ccc(C)n1. The van der Waals surface area contributed by atoms with Crippen LogP contribution >= 0.6 is 0 Å². The Kier molecular flexibility index (Phi) is 2.65. The predicted molar refractivity (Wildman–Crippen MR) is 45.3 cm³/mol. The minimum Gasteiger partial charge on any atom is -0.328 e. The number of hydrogen-bond donors (Lipinski definition) is 1. The first-order valence-corrected chi connectivity index (χ1v) is 3.99. The van der Waals surface area contributed by atoms with Crippen LogP contribution in [0.15, 0.2) is 12.3 Å². The molecular formula is C8H15N3. The second-order valence-corrected chi connectivity index (χ2v) is 2.73. The highest BCUT2D eigenvalue weighted by Gasteiger charge is 2.05. The smallest absolute Gasteiger partial charge is 0.0638 e. The van der Waals surface area contributed by atoms with Crippen LogP contribution in [0.25, 0.3) is 0 Å². The van der Waals surface area contributed by atoms with Gasteiger partial charge in [0.1, 0.15) is 0 Å². The lowest BCUT2D eigenvalue weighted by atomic mass is 10.2. The van der Waals surface area contributed by atoms with Crippen molar-refractivity contribution in [2.75, 3.05) is 6.54 Å². The van der Waals surface area contributed by atoms with Gasteiger partial charge in [0, 0.05) is 12.7 Å². The molecule has 3 heteroatoms. The van der Waals surface area contributed by atoms with Crippen LogP contribution in [-0.2, 0) is 0 Å². The first-order chi connectivity index (χ1) is 5.27. The molecule has 11 heavy (non-hydrogen) atoms. The molecule has 1 aromatic heterocycles. The summed E-state index contributed by atoms with van der Waals surface area (Å²) < 4.78 is 1.94. The van der Waals surface area contributed by atoms with Crippen LogP contribution in [0.4, 0.5) is 0 Å². The molecule has 0 aliphatic carbocycles. The molecule has 0 radical (unpaired) electrons. The van der Waals surface area contributed by atoms with Crippen molar-refractivity contribution in [2.24, 2.45) is 5.73 Å². The number of hydrogen-bond acceptors (Lipinski definition) is 2. The first kappa shape index (κ1) is 8.27. The maximum atomic E-state index is 5.56. The number of nitrogens with two attached hydrogens (primary N) is 1. The van der Waals surface area contributed by atoms with Gasteiger partial charge in [-0.15, -0.1) is 0 Å². The lowest BCUT2D eigenvalue weighted by Gasteiger charge is -2.11. The lowest BCUT2D eigenvalue weighted by molar-refractivity contribution is 0.448. The summed E-state index contributed by atoms with van der Waals surface area (Å²) >= 11 is 0. The van der Waals surface area contributed by atoms with E-state index in [1.54, 1.807) is 0 Å². The fourth-order valence-corrected chi connectivity index (χ4v) is 1.10. The van der Waals surface area contributed by atoms with E-state index < -0.39 is 0 Å². The third kappa shape index (κ3) is 1.80. The monoisotopic (exact) mass is 153 g/mol. The highest BCUT2D eigenvalue weighted by molar-refractivity contribution is 4.96. The Labute approximate surface area is 67.2 Å². The second kappa shape index (κ2) is 3.53. The van der Waals surface area contributed by atoms with Gasteiger partial charge < -0.3 is 5.73 Å². The van der Waals surface area contributed by atoms with Gasteiger partial charge in [0.25, 0.3) is 0 Å². The van der Waals surface area contributed by atoms with Crippen molar-refractivity contribution in [3.8, 4) is 0 Å². The molecular weight excluding hydrogens is 138 g/mol. The van der Waals surface area contributed by atoms with Crippen LogP contribution in [0.3, 0.4) is 0 Å². The maximum absolute atomic E-state index is 5.56. The Hall–Kier alpha value is -0.830. The number of aryl methyl sites for hydroxylation is 1. The maximum Gasteiger partial charge on any atom is 0.0638 e. The summed E-state index contributed by atoms with van der Waals surface area (Å²) in [5.41, 5.74) is 6.62. The zero-order chi connectivity index (χ0) is 8.27. The molecule has 0 fully saturated rings. The van der Waals surface area contributed by atoms with Crippen LogP contribution in [0.2, 0.25) is 0 Å². The van der Waals surface area contributed by atoms with E-state index in [9.17, 15) is 0 Å². The topological polar surface area (TPSA) is 43.8 Å². The molecule has 1 heterocycles. The molecule has 0 spiro atoms. The van der Waals surface area contributed by atoms with E-state index in [4.69, 9.17) is 5.73 Å². The normalized spacial score (nSPS) is 13.4. The Balaban J connectivity index is 2.73. The van der Waals surface area contributed by atoms with Gasteiger partial charge in [0.2, 0.25) is 0 Å². The summed E-state index contributed by atoms with van der Waals surface area (Å²) in [7, 11) is 0. The van der Waals surface area contributed by atoms with E-state index >= 15 is 0 Å². The Morgan fingerprint density at radius 3 is 2.82 bits per heavy atom. The van der Waals surface area contributed by atoms with Crippen molar-refractivity contribution in [2.45, 2.75) is 26.3 Å². The highest BCUT2D eigenvalue weighted by atomic mass is 15.3. The van der Waals surface area contributed by atoms with Gasteiger partial charge in [-0.3, -0.25) is 4.68 Å². The van der Waals surface area contributed by atoms with Gasteiger partial charge in [-0.25, -0.2) is 0 Å². The van der Waals surface area contributed by atoms with Gasteiger partial charge in [0.05, 0.1) is 11.7 Å². The summed E-state index contributed by atoms with van der Waals surface area (Å²) in [6, 6.07) is 2.36. The zero-order valence-corrected chi connectivity index (χ0v) is 7.12. The summed E-state index contributed by atoms with van der Waals surface area (Å²) in [6.45, 7) is 4.77. The molecule has 1 atom stereocenters. The van der Waals surface area contributed by atoms with Crippen molar-refractivity contribution >= 4 is 0 Å². The number of aromatic nitrogens is 2. The van der Waals surface area contributed by atoms with Crippen molar-refractivity contribution in [1.29, 1.82) is 0 Å². The van der Waals surface area contributed by atoms with E-state index in [0.29, 0.717) is 12.6 Å². The summed E-state index contributed by atoms with van der Waals surface area (Å²) in [6.07, 6.45) is 3.02. The van der Waals surface area contributed by atoms with E-state index in [1.807, 2.05) is 23.9 Å². The first-order valence-electron chi connectivity index (χ1n) is 3.99. The number of nitrogens with zero attached hydrogens (tertiary/aromatic N) is 2. The molecule has 1 unspecified atom stereocenters. The molecule has 1 rings (SSSR count). The van der Waals surface area contributed by atoms with E-state index in [-0.39, 0.29) is 0 Å². The molecule has 0 saturated heterocycles. The van der Waals surface area contributed by atoms with Gasteiger partial charge in [-0.1, -0.05) is 6.92 Å². The Morgan fingerprint density at radius 2 is 2.45 bits per heavy atom. The van der Waals surface area contributed by atoms with Gasteiger partial charge in [-0.2, -0.15) is 5.10 Å². The van der Waals surface area contributed by atoms with Gasteiger partial charge >= 0.3 is 0 Å². The fourth-order valence-electron chi connectivity index (χ4n) is 1.10. The van der Waals surface area contributed by atoms with Crippen LogP contribution < -0.4 is 5.73 Å². The second-order valence-electron chi connectivity index (χ2n) is 2.73. The largest absolute Gasteiger partial charge is 0.328 e. The molecule has 1 aromatic rings. The average Bonchev–Trinajstić information content (AvgIpc) is 2.39. The Morgan fingerprint density at radius 1 is 1.73 bits per heavy atom. The Bertz CT molecular complexity index is 213. The van der Waals surface area contributed by atoms with E-state index in [1.165, 1.54) is 0 Å². The highest BCUT2D eigenvalue weighted by Crippen LogP contribution is 2.07. The van der Waals surface area contributed by atoms with Crippen LogP contribution in [0.5, 0.6) is 0 Å². The average molecular weight is 153 g/mol. The summed E-state index contributed by atoms with van der Waals surface area (Å²) in [5, 5.41) is 4.29. The molecule has 0 aromatic carbocycles. The zero-order valence-electron chi connectivity index (χ0n) is 7.12. The van der Waals surface area contributed by atoms with E-state index in [0.717, 1.165) is 12.1 Å². The fraction of sp³-hybridized carbons (Fsp3) is 0.625. The number of rotatable bonds is 3. The van der Waals surface area contributed by atoms with Crippen molar-refractivity contribution in [1.82, 2.24) is 9.78 Å². The van der Waals surface area contributed by atoms with Crippen LogP contribution in [0, 0.1) is 6.92 Å². The lowest BCUT2D eigenvalue weighted by Crippen LogP contribution is -2.18.